The van der Waals surface area contributed by atoms with Crippen molar-refractivity contribution in [3.8, 4) is 5.75 Å². The van der Waals surface area contributed by atoms with E-state index in [0.717, 1.165) is 19.3 Å². The molecule has 1 unspecified atom stereocenters. The maximum absolute atomic E-state index is 11.9. The largest absolute Gasteiger partial charge is 0.505 e. The lowest BCUT2D eigenvalue weighted by molar-refractivity contribution is -0.137. The van der Waals surface area contributed by atoms with Gasteiger partial charge >= 0.3 is 5.97 Å². The van der Waals surface area contributed by atoms with Crippen molar-refractivity contribution < 1.29 is 19.8 Å². The number of hydrogen-bond donors (Lipinski definition) is 3. The van der Waals surface area contributed by atoms with Crippen LogP contribution in [-0.4, -0.2) is 33.6 Å². The van der Waals surface area contributed by atoms with Crippen molar-refractivity contribution in [3.05, 3.63) is 24.0 Å². The molecule has 0 aliphatic carbocycles. The van der Waals surface area contributed by atoms with Crippen molar-refractivity contribution >= 4 is 11.9 Å². The van der Waals surface area contributed by atoms with E-state index in [1.165, 1.54) is 18.5 Å². The summed E-state index contributed by atoms with van der Waals surface area (Å²) in [6, 6.07) is 1.46. The van der Waals surface area contributed by atoms with E-state index in [2.05, 4.69) is 17.2 Å². The maximum atomic E-state index is 11.9. The summed E-state index contributed by atoms with van der Waals surface area (Å²) < 4.78 is 0. The average molecular weight is 294 g/mol. The van der Waals surface area contributed by atoms with Crippen LogP contribution in [0.2, 0.25) is 0 Å². The van der Waals surface area contributed by atoms with Crippen molar-refractivity contribution in [2.24, 2.45) is 5.92 Å². The zero-order valence-corrected chi connectivity index (χ0v) is 12.2. The summed E-state index contributed by atoms with van der Waals surface area (Å²) in [5.41, 5.74) is 0.197. The van der Waals surface area contributed by atoms with Crippen molar-refractivity contribution in [1.29, 1.82) is 0 Å². The molecule has 6 heteroatoms. The number of rotatable bonds is 9. The van der Waals surface area contributed by atoms with Crippen LogP contribution in [0.25, 0.3) is 0 Å². The lowest BCUT2D eigenvalue weighted by Gasteiger charge is -2.15. The first-order valence-corrected chi connectivity index (χ1v) is 7.17. The van der Waals surface area contributed by atoms with Crippen molar-refractivity contribution in [1.82, 2.24) is 10.3 Å². The Kier molecular flexibility index (Phi) is 7.21. The van der Waals surface area contributed by atoms with Gasteiger partial charge in [0.2, 0.25) is 0 Å². The van der Waals surface area contributed by atoms with Gasteiger partial charge in [-0.2, -0.15) is 0 Å². The highest BCUT2D eigenvalue weighted by molar-refractivity contribution is 5.96. The molecule has 21 heavy (non-hydrogen) atoms. The molecule has 0 bridgehead atoms. The Labute approximate surface area is 124 Å². The van der Waals surface area contributed by atoms with Crippen LogP contribution in [0.3, 0.4) is 0 Å². The smallest absolute Gasteiger partial charge is 0.303 e. The molecule has 1 aromatic heterocycles. The predicted molar refractivity (Wildman–Crippen MR) is 78.1 cm³/mol. The van der Waals surface area contributed by atoms with E-state index in [9.17, 15) is 14.7 Å². The van der Waals surface area contributed by atoms with Gasteiger partial charge in [0, 0.05) is 19.2 Å². The van der Waals surface area contributed by atoms with E-state index in [1.807, 2.05) is 0 Å². The summed E-state index contributed by atoms with van der Waals surface area (Å²) in [7, 11) is 0. The molecule has 3 N–H and O–H groups in total. The van der Waals surface area contributed by atoms with Crippen molar-refractivity contribution in [2.45, 2.75) is 39.0 Å². The molecule has 0 aliphatic rings. The van der Waals surface area contributed by atoms with Crippen LogP contribution in [0.15, 0.2) is 18.5 Å². The number of nitrogens with one attached hydrogen (secondary N) is 1. The average Bonchev–Trinajstić information content (AvgIpc) is 2.45. The first kappa shape index (κ1) is 16.9. The van der Waals surface area contributed by atoms with E-state index in [1.54, 1.807) is 0 Å². The Morgan fingerprint density at radius 3 is 2.71 bits per heavy atom. The molecule has 116 valence electrons. The van der Waals surface area contributed by atoms with Crippen molar-refractivity contribution in [3.63, 3.8) is 0 Å². The van der Waals surface area contributed by atoms with E-state index >= 15 is 0 Å². The number of amides is 1. The Bertz CT molecular complexity index is 476. The maximum Gasteiger partial charge on any atom is 0.303 e. The normalized spacial score (nSPS) is 11.9. The van der Waals surface area contributed by atoms with Crippen LogP contribution in [0.4, 0.5) is 0 Å². The minimum absolute atomic E-state index is 0.147. The molecule has 1 atom stereocenters. The van der Waals surface area contributed by atoms with Gasteiger partial charge in [0.15, 0.2) is 0 Å². The second-order valence-corrected chi connectivity index (χ2v) is 5.02. The van der Waals surface area contributed by atoms with Crippen molar-refractivity contribution in [2.75, 3.05) is 6.54 Å². The highest BCUT2D eigenvalue weighted by Gasteiger charge is 2.13. The fraction of sp³-hybridized carbons (Fsp3) is 0.533. The Morgan fingerprint density at radius 1 is 1.33 bits per heavy atom. The lowest BCUT2D eigenvalue weighted by Crippen LogP contribution is -2.26. The monoisotopic (exact) mass is 294 g/mol. The number of aliphatic carboxylic acids is 1. The second kappa shape index (κ2) is 8.94. The molecule has 0 aliphatic heterocycles. The number of carbonyl (C=O) groups is 2. The zero-order valence-electron chi connectivity index (χ0n) is 12.2. The molecule has 0 fully saturated rings. The number of hydrogen-bond acceptors (Lipinski definition) is 4. The third-order valence-electron chi connectivity index (χ3n) is 3.35. The Hall–Kier alpha value is -2.11. The molecule has 0 radical (unpaired) electrons. The standard InChI is InChI=1S/C15H22N2O4/c1-2-3-11(4-5-14(19)20)6-9-17-15(21)12-7-8-16-10-13(12)18/h7-8,10-11,18H,2-6,9H2,1H3,(H,17,21)(H,19,20). The number of carbonyl (C=O) groups excluding carboxylic acids is 1. The van der Waals surface area contributed by atoms with E-state index in [0.29, 0.717) is 13.0 Å². The van der Waals surface area contributed by atoms with Gasteiger partial charge in [-0.25, -0.2) is 0 Å². The summed E-state index contributed by atoms with van der Waals surface area (Å²) in [4.78, 5) is 26.2. The quantitative estimate of drug-likeness (QED) is 0.648. The van der Waals surface area contributed by atoms with Crippen LogP contribution in [0.1, 0.15) is 49.4 Å². The predicted octanol–water partition coefficient (Wildman–Crippen LogP) is 2.19. The number of pyridine rings is 1. The minimum atomic E-state index is -0.790. The highest BCUT2D eigenvalue weighted by atomic mass is 16.4. The van der Waals surface area contributed by atoms with Gasteiger partial charge in [0.25, 0.3) is 5.91 Å². The fourth-order valence-electron chi connectivity index (χ4n) is 2.23. The summed E-state index contributed by atoms with van der Waals surface area (Å²) in [6.07, 6.45) is 6.12. The molecule has 0 aromatic carbocycles. The third kappa shape index (κ3) is 6.25. The minimum Gasteiger partial charge on any atom is -0.505 e. The summed E-state index contributed by atoms with van der Waals surface area (Å²) in [5.74, 6) is -0.992. The molecule has 1 heterocycles. The summed E-state index contributed by atoms with van der Waals surface area (Å²) >= 11 is 0. The van der Waals surface area contributed by atoms with Gasteiger partial charge in [-0.3, -0.25) is 14.6 Å². The Balaban J connectivity index is 2.41. The lowest BCUT2D eigenvalue weighted by atomic mass is 9.94. The van der Waals surface area contributed by atoms with Gasteiger partial charge in [0.1, 0.15) is 5.75 Å². The number of aromatic hydroxyl groups is 1. The molecule has 0 saturated carbocycles. The van der Waals surface area contributed by atoms with Gasteiger partial charge < -0.3 is 15.5 Å². The molecule has 1 aromatic rings. The molecule has 0 spiro atoms. The summed E-state index contributed by atoms with van der Waals surface area (Å²) in [6.45, 7) is 2.52. The molecule has 1 rings (SSSR count). The van der Waals surface area contributed by atoms with Gasteiger partial charge in [0.05, 0.1) is 11.8 Å². The van der Waals surface area contributed by atoms with Crippen LogP contribution >= 0.6 is 0 Å². The van der Waals surface area contributed by atoms with Gasteiger partial charge in [-0.05, 0) is 24.8 Å². The number of aromatic nitrogens is 1. The molecule has 6 nitrogen and oxygen atoms in total. The molecule has 0 saturated heterocycles. The van der Waals surface area contributed by atoms with E-state index in [-0.39, 0.29) is 29.6 Å². The Morgan fingerprint density at radius 2 is 2.10 bits per heavy atom. The van der Waals surface area contributed by atoms with Gasteiger partial charge in [-0.1, -0.05) is 19.8 Å². The van der Waals surface area contributed by atoms with Crippen LogP contribution < -0.4 is 5.32 Å². The molecular formula is C15H22N2O4. The van der Waals surface area contributed by atoms with Crippen LogP contribution in [-0.2, 0) is 4.79 Å². The van der Waals surface area contributed by atoms with Crippen LogP contribution in [0, 0.1) is 5.92 Å². The number of carboxylic acid groups (broad SMARTS) is 1. The topological polar surface area (TPSA) is 99.5 Å². The molecule has 1 amide bonds. The fourth-order valence-corrected chi connectivity index (χ4v) is 2.23. The second-order valence-electron chi connectivity index (χ2n) is 5.02. The number of carboxylic acids is 1. The van der Waals surface area contributed by atoms with Crippen LogP contribution in [0.5, 0.6) is 5.75 Å². The molecular weight excluding hydrogens is 272 g/mol. The first-order valence-electron chi connectivity index (χ1n) is 7.17. The zero-order chi connectivity index (χ0) is 15.7. The first-order chi connectivity index (χ1) is 10.0. The highest BCUT2D eigenvalue weighted by Crippen LogP contribution is 2.18. The van der Waals surface area contributed by atoms with Gasteiger partial charge in [-0.15, -0.1) is 0 Å². The summed E-state index contributed by atoms with van der Waals surface area (Å²) in [5, 5.41) is 21.0. The number of nitrogens with zero attached hydrogens (tertiary/aromatic N) is 1. The van der Waals surface area contributed by atoms with E-state index in [4.69, 9.17) is 5.11 Å². The van der Waals surface area contributed by atoms with E-state index < -0.39 is 5.97 Å². The third-order valence-corrected chi connectivity index (χ3v) is 3.35. The SMILES string of the molecule is CCCC(CCNC(=O)c1ccncc1O)CCC(=O)O.